The fourth-order valence-corrected chi connectivity index (χ4v) is 2.58. The Balaban J connectivity index is 2.10. The second-order valence-electron chi connectivity index (χ2n) is 6.96. The minimum Gasteiger partial charge on any atom is -0.474 e. The van der Waals surface area contributed by atoms with Crippen LogP contribution in [-0.4, -0.2) is 56.5 Å². The lowest BCUT2D eigenvalue weighted by molar-refractivity contribution is -0.194. The highest BCUT2D eigenvalue weighted by atomic mass is 19.4. The number of rotatable bonds is 3. The standard InChI is InChI=1S/C16H22F3N3O4/c1-15(2,3)26-14(24)22-7-5-10(8-11(22)16(17,18)19)25-13-4-6-20-12(9-23)21-13/h4,6,10-11,23H,5,7-9H2,1-3H3/t10-,11+/m0/s1. The van der Waals surface area contributed by atoms with Crippen LogP contribution in [0.15, 0.2) is 12.3 Å². The molecule has 0 aliphatic carbocycles. The molecule has 0 spiro atoms. The largest absolute Gasteiger partial charge is 0.474 e. The average Bonchev–Trinajstić information content (AvgIpc) is 2.52. The predicted octanol–water partition coefficient (Wildman–Crippen LogP) is 2.68. The summed E-state index contributed by atoms with van der Waals surface area (Å²) in [5, 5.41) is 9.02. The zero-order valence-corrected chi connectivity index (χ0v) is 14.8. The van der Waals surface area contributed by atoms with Gasteiger partial charge in [0.15, 0.2) is 5.82 Å². The quantitative estimate of drug-likeness (QED) is 0.872. The van der Waals surface area contributed by atoms with Crippen LogP contribution in [-0.2, 0) is 11.3 Å². The zero-order valence-electron chi connectivity index (χ0n) is 14.8. The van der Waals surface area contributed by atoms with E-state index in [0.717, 1.165) is 0 Å². The van der Waals surface area contributed by atoms with Gasteiger partial charge in [0.05, 0.1) is 0 Å². The van der Waals surface area contributed by atoms with Gasteiger partial charge in [-0.25, -0.2) is 9.78 Å². The molecule has 1 aromatic heterocycles. The summed E-state index contributed by atoms with van der Waals surface area (Å²) in [6.45, 7) is 4.23. The molecule has 7 nitrogen and oxygen atoms in total. The summed E-state index contributed by atoms with van der Waals surface area (Å²) in [4.78, 5) is 20.5. The van der Waals surface area contributed by atoms with Crippen molar-refractivity contribution in [2.24, 2.45) is 0 Å². The van der Waals surface area contributed by atoms with Crippen LogP contribution >= 0.6 is 0 Å². The molecule has 2 heterocycles. The van der Waals surface area contributed by atoms with Crippen molar-refractivity contribution < 1.29 is 32.5 Å². The average molecular weight is 377 g/mol. The third-order valence-electron chi connectivity index (χ3n) is 3.67. The van der Waals surface area contributed by atoms with E-state index in [2.05, 4.69) is 9.97 Å². The van der Waals surface area contributed by atoms with Crippen LogP contribution in [0.5, 0.6) is 5.88 Å². The highest BCUT2D eigenvalue weighted by Crippen LogP contribution is 2.34. The highest BCUT2D eigenvalue weighted by Gasteiger charge is 2.50. The monoisotopic (exact) mass is 377 g/mol. The van der Waals surface area contributed by atoms with Crippen molar-refractivity contribution in [1.29, 1.82) is 0 Å². The molecule has 1 aromatic rings. The lowest BCUT2D eigenvalue weighted by Gasteiger charge is -2.40. The van der Waals surface area contributed by atoms with Crippen molar-refractivity contribution in [2.45, 2.75) is 64.1 Å². The van der Waals surface area contributed by atoms with Crippen LogP contribution in [0, 0.1) is 0 Å². The van der Waals surface area contributed by atoms with Gasteiger partial charge in [-0.3, -0.25) is 4.90 Å². The van der Waals surface area contributed by atoms with E-state index < -0.39 is 43.0 Å². The number of hydrogen-bond donors (Lipinski definition) is 1. The molecule has 26 heavy (non-hydrogen) atoms. The summed E-state index contributed by atoms with van der Waals surface area (Å²) in [5.41, 5.74) is -0.887. The molecule has 0 unspecified atom stereocenters. The second-order valence-corrected chi connectivity index (χ2v) is 6.96. The second kappa shape index (κ2) is 7.65. The van der Waals surface area contributed by atoms with Gasteiger partial charge < -0.3 is 14.6 Å². The molecular weight excluding hydrogens is 355 g/mol. The van der Waals surface area contributed by atoms with E-state index in [1.165, 1.54) is 12.3 Å². The van der Waals surface area contributed by atoms with Gasteiger partial charge in [0.1, 0.15) is 24.4 Å². The predicted molar refractivity (Wildman–Crippen MR) is 84.4 cm³/mol. The van der Waals surface area contributed by atoms with Crippen LogP contribution < -0.4 is 4.74 Å². The maximum Gasteiger partial charge on any atom is 0.410 e. The molecule has 10 heteroatoms. The number of ether oxygens (including phenoxy) is 2. The van der Waals surface area contributed by atoms with E-state index >= 15 is 0 Å². The van der Waals surface area contributed by atoms with Crippen molar-refractivity contribution in [2.75, 3.05) is 6.54 Å². The number of piperidine rings is 1. The van der Waals surface area contributed by atoms with Gasteiger partial charge in [-0.2, -0.15) is 18.2 Å². The Morgan fingerprint density at radius 2 is 2.08 bits per heavy atom. The summed E-state index contributed by atoms with van der Waals surface area (Å²) in [7, 11) is 0. The lowest BCUT2D eigenvalue weighted by Crippen LogP contribution is -2.56. The van der Waals surface area contributed by atoms with Crippen molar-refractivity contribution in [3.63, 3.8) is 0 Å². The Bertz CT molecular complexity index is 634. The molecule has 1 N–H and O–H groups in total. The van der Waals surface area contributed by atoms with Crippen molar-refractivity contribution in [3.8, 4) is 5.88 Å². The van der Waals surface area contributed by atoms with E-state index in [1.807, 2.05) is 0 Å². The number of amides is 1. The first-order valence-electron chi connectivity index (χ1n) is 8.15. The maximum absolute atomic E-state index is 13.5. The van der Waals surface area contributed by atoms with Gasteiger partial charge in [-0.1, -0.05) is 0 Å². The number of aromatic nitrogens is 2. The molecule has 0 radical (unpaired) electrons. The molecule has 0 saturated carbocycles. The molecule has 146 valence electrons. The van der Waals surface area contributed by atoms with Gasteiger partial charge in [0, 0.05) is 31.6 Å². The van der Waals surface area contributed by atoms with E-state index in [-0.39, 0.29) is 24.7 Å². The topological polar surface area (TPSA) is 84.8 Å². The number of hydrogen-bond acceptors (Lipinski definition) is 6. The fraction of sp³-hybridized carbons (Fsp3) is 0.688. The number of aliphatic hydroxyl groups excluding tert-OH is 1. The summed E-state index contributed by atoms with van der Waals surface area (Å²) < 4.78 is 51.0. The normalized spacial score (nSPS) is 21.4. The molecule has 2 rings (SSSR count). The molecule has 0 bridgehead atoms. The molecule has 1 fully saturated rings. The van der Waals surface area contributed by atoms with Crippen LogP contribution in [0.2, 0.25) is 0 Å². The summed E-state index contributed by atoms with van der Waals surface area (Å²) >= 11 is 0. The number of nitrogens with zero attached hydrogens (tertiary/aromatic N) is 3. The number of halogens is 3. The fourth-order valence-electron chi connectivity index (χ4n) is 2.58. The van der Waals surface area contributed by atoms with Crippen molar-refractivity contribution >= 4 is 6.09 Å². The maximum atomic E-state index is 13.5. The first-order valence-corrected chi connectivity index (χ1v) is 8.15. The van der Waals surface area contributed by atoms with Crippen LogP contribution in [0.3, 0.4) is 0 Å². The number of alkyl halides is 3. The van der Waals surface area contributed by atoms with E-state index in [1.54, 1.807) is 20.8 Å². The Morgan fingerprint density at radius 3 is 2.65 bits per heavy atom. The van der Waals surface area contributed by atoms with E-state index in [9.17, 15) is 18.0 Å². The number of likely N-dealkylation sites (tertiary alicyclic amines) is 1. The van der Waals surface area contributed by atoms with E-state index in [4.69, 9.17) is 14.6 Å². The minimum atomic E-state index is -4.61. The van der Waals surface area contributed by atoms with E-state index in [0.29, 0.717) is 4.90 Å². The lowest BCUT2D eigenvalue weighted by atomic mass is 9.99. The Kier molecular flexibility index (Phi) is 5.94. The first kappa shape index (κ1) is 20.2. The number of carbonyl (C=O) groups excluding carboxylic acids is 1. The van der Waals surface area contributed by atoms with Crippen LogP contribution in [0.25, 0.3) is 0 Å². The van der Waals surface area contributed by atoms with Gasteiger partial charge >= 0.3 is 12.3 Å². The van der Waals surface area contributed by atoms with Gasteiger partial charge in [0.2, 0.25) is 5.88 Å². The Hall–Kier alpha value is -2.10. The molecule has 1 aliphatic heterocycles. The summed E-state index contributed by atoms with van der Waals surface area (Å²) in [5.74, 6) is 0.196. The molecule has 1 aliphatic rings. The highest BCUT2D eigenvalue weighted by molar-refractivity contribution is 5.68. The Morgan fingerprint density at radius 1 is 1.38 bits per heavy atom. The molecule has 2 atom stereocenters. The zero-order chi connectivity index (χ0) is 19.5. The number of aliphatic hydroxyl groups is 1. The third-order valence-corrected chi connectivity index (χ3v) is 3.67. The molecular formula is C16H22F3N3O4. The summed E-state index contributed by atoms with van der Waals surface area (Å²) in [6.07, 6.45) is -5.26. The molecule has 1 saturated heterocycles. The summed E-state index contributed by atoms with van der Waals surface area (Å²) in [6, 6.07) is -0.600. The minimum absolute atomic E-state index is 0.0840. The molecule has 0 aromatic carbocycles. The molecule has 1 amide bonds. The van der Waals surface area contributed by atoms with Gasteiger partial charge in [-0.05, 0) is 20.8 Å². The van der Waals surface area contributed by atoms with Crippen LogP contribution in [0.1, 0.15) is 39.4 Å². The number of carbonyl (C=O) groups is 1. The SMILES string of the molecule is CC(C)(C)OC(=O)N1CC[C@H](Oc2ccnc(CO)n2)C[C@@H]1C(F)(F)F. The van der Waals surface area contributed by atoms with Gasteiger partial charge in [0.25, 0.3) is 0 Å². The smallest absolute Gasteiger partial charge is 0.410 e. The van der Waals surface area contributed by atoms with Crippen molar-refractivity contribution in [3.05, 3.63) is 18.1 Å². The third kappa shape index (κ3) is 5.45. The Labute approximate surface area is 149 Å². The van der Waals surface area contributed by atoms with Crippen molar-refractivity contribution in [1.82, 2.24) is 14.9 Å². The first-order chi connectivity index (χ1) is 12.0. The van der Waals surface area contributed by atoms with Gasteiger partial charge in [-0.15, -0.1) is 0 Å². The van der Waals surface area contributed by atoms with Crippen LogP contribution in [0.4, 0.5) is 18.0 Å².